The molecule has 0 aliphatic heterocycles. The van der Waals surface area contributed by atoms with Crippen LogP contribution in [0.5, 0.6) is 0 Å². The van der Waals surface area contributed by atoms with Crippen LogP contribution in [0.1, 0.15) is 15.9 Å². The number of anilines is 1. The van der Waals surface area contributed by atoms with Crippen LogP contribution in [0.4, 0.5) is 18.9 Å². The van der Waals surface area contributed by atoms with E-state index >= 15 is 0 Å². The lowest BCUT2D eigenvalue weighted by atomic mass is 10.2. The predicted molar refractivity (Wildman–Crippen MR) is 111 cm³/mol. The van der Waals surface area contributed by atoms with Gasteiger partial charge < -0.3 is 5.32 Å². The number of amides is 1. The molecule has 0 heterocycles. The summed E-state index contributed by atoms with van der Waals surface area (Å²) in [6.45, 7) is 0.0907. The van der Waals surface area contributed by atoms with Crippen molar-refractivity contribution in [2.45, 2.75) is 11.4 Å². The Morgan fingerprint density at radius 2 is 1.68 bits per heavy atom. The molecule has 1 N–H and O–H groups in total. The summed E-state index contributed by atoms with van der Waals surface area (Å²) in [5.41, 5.74) is -0.135. The molecule has 1 amide bonds. The Morgan fingerprint density at radius 1 is 1.00 bits per heavy atom. The van der Waals surface area contributed by atoms with Crippen molar-refractivity contribution in [2.24, 2.45) is 0 Å². The van der Waals surface area contributed by atoms with Crippen molar-refractivity contribution in [1.82, 2.24) is 4.31 Å². The molecular formula is C21H16ClF3N2O3S. The second kappa shape index (κ2) is 9.09. The third-order valence-electron chi connectivity index (χ3n) is 4.42. The van der Waals surface area contributed by atoms with E-state index in [2.05, 4.69) is 5.32 Å². The summed E-state index contributed by atoms with van der Waals surface area (Å²) in [4.78, 5) is 12.3. The molecule has 0 unspecified atom stereocenters. The summed E-state index contributed by atoms with van der Waals surface area (Å²) in [6.07, 6.45) is 0. The molecule has 0 bridgehead atoms. The standard InChI is InChI=1S/C21H16ClF3N2O3S/c1-27(12-13-5-3-2-4-6-13)31(29,30)14-7-8-16(22)15(11-14)21(28)26-18-10-9-17(23)19(24)20(18)25/h2-11H,12H2,1H3,(H,26,28). The van der Waals surface area contributed by atoms with E-state index in [1.54, 1.807) is 30.3 Å². The van der Waals surface area contributed by atoms with Gasteiger partial charge in [0.15, 0.2) is 17.5 Å². The molecule has 0 radical (unpaired) electrons. The highest BCUT2D eigenvalue weighted by Gasteiger charge is 2.24. The van der Waals surface area contributed by atoms with Gasteiger partial charge in [0.1, 0.15) is 0 Å². The third-order valence-corrected chi connectivity index (χ3v) is 6.55. The Morgan fingerprint density at radius 3 is 2.35 bits per heavy atom. The van der Waals surface area contributed by atoms with E-state index in [1.807, 2.05) is 0 Å². The fraction of sp³-hybridized carbons (Fsp3) is 0.0952. The molecule has 3 aromatic carbocycles. The second-order valence-corrected chi connectivity index (χ2v) is 9.02. The summed E-state index contributed by atoms with van der Waals surface area (Å²) in [6, 6.07) is 13.9. The van der Waals surface area contributed by atoms with Crippen molar-refractivity contribution in [2.75, 3.05) is 12.4 Å². The van der Waals surface area contributed by atoms with Crippen LogP contribution in [0.3, 0.4) is 0 Å². The summed E-state index contributed by atoms with van der Waals surface area (Å²) in [7, 11) is -2.61. The Balaban J connectivity index is 1.89. The van der Waals surface area contributed by atoms with Crippen molar-refractivity contribution in [3.8, 4) is 0 Å². The maximum absolute atomic E-state index is 13.9. The molecule has 0 saturated carbocycles. The molecule has 3 aromatic rings. The number of carbonyl (C=O) groups excluding carboxylic acids is 1. The number of nitrogens with zero attached hydrogens (tertiary/aromatic N) is 1. The van der Waals surface area contributed by atoms with E-state index in [0.29, 0.717) is 6.07 Å². The highest BCUT2D eigenvalue weighted by atomic mass is 35.5. The number of sulfonamides is 1. The van der Waals surface area contributed by atoms with Gasteiger partial charge in [0.2, 0.25) is 10.0 Å². The largest absolute Gasteiger partial charge is 0.319 e. The molecule has 3 rings (SSSR count). The fourth-order valence-electron chi connectivity index (χ4n) is 2.76. The molecule has 0 aliphatic carbocycles. The maximum atomic E-state index is 13.9. The van der Waals surface area contributed by atoms with Crippen LogP contribution >= 0.6 is 11.6 Å². The number of hydrogen-bond donors (Lipinski definition) is 1. The molecule has 0 spiro atoms. The first-order valence-corrected chi connectivity index (χ1v) is 10.7. The van der Waals surface area contributed by atoms with Crippen LogP contribution in [0, 0.1) is 17.5 Å². The van der Waals surface area contributed by atoms with Crippen molar-refractivity contribution >= 4 is 33.2 Å². The van der Waals surface area contributed by atoms with Crippen LogP contribution in [-0.2, 0) is 16.6 Å². The van der Waals surface area contributed by atoms with E-state index in [-0.39, 0.29) is 22.0 Å². The molecule has 0 atom stereocenters. The van der Waals surface area contributed by atoms with Gasteiger partial charge in [-0.25, -0.2) is 21.6 Å². The minimum atomic E-state index is -3.99. The predicted octanol–water partition coefficient (Wildman–Crippen LogP) is 4.83. The van der Waals surface area contributed by atoms with Crippen molar-refractivity contribution in [3.05, 3.63) is 94.3 Å². The SMILES string of the molecule is CN(Cc1ccccc1)S(=O)(=O)c1ccc(Cl)c(C(=O)Nc2ccc(F)c(F)c2F)c1. The first-order chi connectivity index (χ1) is 14.6. The van der Waals surface area contributed by atoms with Crippen LogP contribution < -0.4 is 5.32 Å². The molecule has 162 valence electrons. The van der Waals surface area contributed by atoms with E-state index in [9.17, 15) is 26.4 Å². The van der Waals surface area contributed by atoms with Crippen LogP contribution in [0.15, 0.2) is 65.6 Å². The Bertz CT molecular complexity index is 1240. The van der Waals surface area contributed by atoms with Gasteiger partial charge in [-0.15, -0.1) is 0 Å². The lowest BCUT2D eigenvalue weighted by Crippen LogP contribution is -2.27. The van der Waals surface area contributed by atoms with Gasteiger partial charge in [0.05, 0.1) is 21.2 Å². The number of rotatable bonds is 6. The van der Waals surface area contributed by atoms with Gasteiger partial charge in [0.25, 0.3) is 5.91 Å². The Kier molecular flexibility index (Phi) is 6.68. The van der Waals surface area contributed by atoms with Gasteiger partial charge in [-0.1, -0.05) is 41.9 Å². The van der Waals surface area contributed by atoms with Gasteiger partial charge >= 0.3 is 0 Å². The molecular weight excluding hydrogens is 453 g/mol. The molecule has 0 saturated heterocycles. The smallest absolute Gasteiger partial charge is 0.257 e. The highest BCUT2D eigenvalue weighted by Crippen LogP contribution is 2.26. The number of hydrogen-bond acceptors (Lipinski definition) is 3. The van der Waals surface area contributed by atoms with E-state index in [4.69, 9.17) is 11.6 Å². The quantitative estimate of drug-likeness (QED) is 0.527. The molecule has 10 heteroatoms. The van der Waals surface area contributed by atoms with Crippen LogP contribution in [0.25, 0.3) is 0 Å². The molecule has 31 heavy (non-hydrogen) atoms. The molecule has 0 fully saturated rings. The minimum Gasteiger partial charge on any atom is -0.319 e. The Hall–Kier alpha value is -2.88. The minimum absolute atomic E-state index is 0.0907. The molecule has 5 nitrogen and oxygen atoms in total. The zero-order valence-corrected chi connectivity index (χ0v) is 17.6. The van der Waals surface area contributed by atoms with Crippen molar-refractivity contribution in [1.29, 1.82) is 0 Å². The van der Waals surface area contributed by atoms with Crippen molar-refractivity contribution < 1.29 is 26.4 Å². The molecule has 0 aromatic heterocycles. The van der Waals surface area contributed by atoms with Gasteiger partial charge in [0, 0.05) is 13.6 Å². The lowest BCUT2D eigenvalue weighted by molar-refractivity contribution is 0.102. The number of carbonyl (C=O) groups is 1. The van der Waals surface area contributed by atoms with Gasteiger partial charge in [-0.05, 0) is 35.9 Å². The number of halogens is 4. The average Bonchev–Trinajstić information content (AvgIpc) is 2.75. The average molecular weight is 469 g/mol. The second-order valence-electron chi connectivity index (χ2n) is 6.57. The van der Waals surface area contributed by atoms with Gasteiger partial charge in [-0.2, -0.15) is 4.31 Å². The first kappa shape index (κ1) is 22.8. The number of nitrogens with one attached hydrogen (secondary N) is 1. The zero-order valence-electron chi connectivity index (χ0n) is 16.1. The lowest BCUT2D eigenvalue weighted by Gasteiger charge is -2.18. The summed E-state index contributed by atoms with van der Waals surface area (Å²) < 4.78 is 67.3. The monoisotopic (exact) mass is 468 g/mol. The topological polar surface area (TPSA) is 66.5 Å². The third kappa shape index (κ3) is 4.90. The highest BCUT2D eigenvalue weighted by molar-refractivity contribution is 7.89. The van der Waals surface area contributed by atoms with E-state index in [1.165, 1.54) is 19.2 Å². The fourth-order valence-corrected chi connectivity index (χ4v) is 4.15. The van der Waals surface area contributed by atoms with Crippen LogP contribution in [-0.4, -0.2) is 25.7 Å². The van der Waals surface area contributed by atoms with E-state index < -0.39 is 39.1 Å². The van der Waals surface area contributed by atoms with Gasteiger partial charge in [-0.3, -0.25) is 4.79 Å². The first-order valence-electron chi connectivity index (χ1n) is 8.86. The van der Waals surface area contributed by atoms with E-state index in [0.717, 1.165) is 22.0 Å². The van der Waals surface area contributed by atoms with Crippen LogP contribution in [0.2, 0.25) is 5.02 Å². The van der Waals surface area contributed by atoms with Crippen molar-refractivity contribution in [3.63, 3.8) is 0 Å². The normalized spacial score (nSPS) is 11.5. The zero-order chi connectivity index (χ0) is 22.8. The summed E-state index contributed by atoms with van der Waals surface area (Å²) in [5.74, 6) is -5.74. The maximum Gasteiger partial charge on any atom is 0.257 e. The number of benzene rings is 3. The summed E-state index contributed by atoms with van der Waals surface area (Å²) >= 11 is 6.02. The molecule has 0 aliphatic rings. The summed E-state index contributed by atoms with van der Waals surface area (Å²) in [5, 5.41) is 1.96. The Labute approximate surface area is 182 Å².